The number of carbonyl (C=O) groups excluding carboxylic acids is 3. The topological polar surface area (TPSA) is 76.2 Å². The third-order valence-electron chi connectivity index (χ3n) is 4.54. The maximum absolute atomic E-state index is 13.8. The van der Waals surface area contributed by atoms with E-state index < -0.39 is 17.8 Å². The largest absolute Gasteiger partial charge is 0.493 e. The van der Waals surface area contributed by atoms with E-state index in [0.717, 1.165) is 9.80 Å². The summed E-state index contributed by atoms with van der Waals surface area (Å²) in [4.78, 5) is 38.4. The summed E-state index contributed by atoms with van der Waals surface area (Å²) in [5.74, 6) is -0.966. The molecule has 30 heavy (non-hydrogen) atoms. The minimum Gasteiger partial charge on any atom is -0.493 e. The second-order valence-corrected chi connectivity index (χ2v) is 7.65. The molecular weight excluding hydrogens is 506 g/mol. The van der Waals surface area contributed by atoms with Crippen molar-refractivity contribution in [2.24, 2.45) is 0 Å². The Morgan fingerprint density at radius 3 is 2.30 bits per heavy atom. The SMILES string of the molecule is COc1cc(C=C2C(=O)N(C)C(=O)N(C)C2=O)cc(I)c1OCc1ccccc1F. The fraction of sp³-hybridized carbons (Fsp3) is 0.190. The average molecular weight is 524 g/mol. The van der Waals surface area contributed by atoms with Crippen molar-refractivity contribution >= 4 is 46.5 Å². The molecule has 0 saturated carbocycles. The van der Waals surface area contributed by atoms with Gasteiger partial charge in [-0.25, -0.2) is 9.18 Å². The highest BCUT2D eigenvalue weighted by atomic mass is 127. The number of halogens is 2. The van der Waals surface area contributed by atoms with Crippen LogP contribution in [0.4, 0.5) is 9.18 Å². The molecule has 1 aliphatic heterocycles. The predicted molar refractivity (Wildman–Crippen MR) is 115 cm³/mol. The maximum atomic E-state index is 13.8. The lowest BCUT2D eigenvalue weighted by molar-refractivity contribution is -0.134. The van der Waals surface area contributed by atoms with Gasteiger partial charge in [-0.05, 0) is 52.4 Å². The van der Waals surface area contributed by atoms with Gasteiger partial charge in [-0.15, -0.1) is 0 Å². The first-order valence-corrected chi connectivity index (χ1v) is 9.88. The van der Waals surface area contributed by atoms with Gasteiger partial charge in [-0.2, -0.15) is 0 Å². The third kappa shape index (κ3) is 4.16. The van der Waals surface area contributed by atoms with Crippen LogP contribution in [-0.2, 0) is 16.2 Å². The molecule has 0 atom stereocenters. The molecule has 1 fully saturated rings. The highest BCUT2D eigenvalue weighted by Gasteiger charge is 2.37. The molecule has 2 aromatic rings. The zero-order valence-electron chi connectivity index (χ0n) is 16.4. The summed E-state index contributed by atoms with van der Waals surface area (Å²) in [5, 5.41) is 0. The van der Waals surface area contributed by atoms with Crippen molar-refractivity contribution in [3.05, 3.63) is 62.5 Å². The van der Waals surface area contributed by atoms with E-state index in [1.54, 1.807) is 30.3 Å². The minimum absolute atomic E-state index is 0.00808. The molecule has 1 aliphatic rings. The fourth-order valence-corrected chi connectivity index (χ4v) is 3.65. The second kappa shape index (κ2) is 8.82. The van der Waals surface area contributed by atoms with E-state index in [0.29, 0.717) is 26.2 Å². The Balaban J connectivity index is 1.93. The fourth-order valence-electron chi connectivity index (χ4n) is 2.87. The standard InChI is InChI=1S/C21H18FIN2O5/c1-24-19(26)14(20(27)25(2)21(24)28)8-12-9-16(23)18(17(10-12)29-3)30-11-13-6-4-5-7-15(13)22/h4-10H,11H2,1-3H3. The summed E-state index contributed by atoms with van der Waals surface area (Å²) >= 11 is 2.03. The van der Waals surface area contributed by atoms with Gasteiger partial charge in [0.1, 0.15) is 18.0 Å². The minimum atomic E-state index is -0.689. The molecule has 0 N–H and O–H groups in total. The first-order valence-electron chi connectivity index (χ1n) is 8.80. The highest BCUT2D eigenvalue weighted by Crippen LogP contribution is 2.35. The summed E-state index contributed by atoms with van der Waals surface area (Å²) in [5.41, 5.74) is 0.774. The molecule has 0 unspecified atom stereocenters. The van der Waals surface area contributed by atoms with Crippen LogP contribution in [0.15, 0.2) is 42.0 Å². The number of barbiturate groups is 1. The average Bonchev–Trinajstić information content (AvgIpc) is 2.74. The van der Waals surface area contributed by atoms with Gasteiger partial charge < -0.3 is 9.47 Å². The van der Waals surface area contributed by atoms with Gasteiger partial charge in [0, 0.05) is 19.7 Å². The molecule has 9 heteroatoms. The number of likely N-dealkylation sites (N-methyl/N-ethyl adjacent to an activating group) is 2. The van der Waals surface area contributed by atoms with Crippen LogP contribution in [0.5, 0.6) is 11.5 Å². The van der Waals surface area contributed by atoms with E-state index in [1.807, 2.05) is 22.6 Å². The number of amides is 4. The molecule has 0 aliphatic carbocycles. The number of carbonyl (C=O) groups is 3. The van der Waals surface area contributed by atoms with Gasteiger partial charge in [0.25, 0.3) is 11.8 Å². The van der Waals surface area contributed by atoms with Crippen molar-refractivity contribution in [2.75, 3.05) is 21.2 Å². The lowest BCUT2D eigenvalue weighted by Crippen LogP contribution is -2.52. The van der Waals surface area contributed by atoms with Gasteiger partial charge in [0.05, 0.1) is 10.7 Å². The monoisotopic (exact) mass is 524 g/mol. The first kappa shape index (κ1) is 21.8. The molecule has 0 radical (unpaired) electrons. The molecular formula is C21H18FIN2O5. The second-order valence-electron chi connectivity index (χ2n) is 6.48. The Morgan fingerprint density at radius 2 is 1.70 bits per heavy atom. The lowest BCUT2D eigenvalue weighted by atomic mass is 10.1. The number of imide groups is 2. The number of hydrogen-bond acceptors (Lipinski definition) is 5. The van der Waals surface area contributed by atoms with Gasteiger partial charge >= 0.3 is 6.03 Å². The summed E-state index contributed by atoms with van der Waals surface area (Å²) in [6.07, 6.45) is 1.40. The number of hydrogen-bond donors (Lipinski definition) is 0. The van der Waals surface area contributed by atoms with Gasteiger partial charge in [-0.3, -0.25) is 19.4 Å². The Labute approximate surface area is 186 Å². The number of urea groups is 1. The van der Waals surface area contributed by atoms with E-state index in [9.17, 15) is 18.8 Å². The smallest absolute Gasteiger partial charge is 0.333 e. The van der Waals surface area contributed by atoms with E-state index >= 15 is 0 Å². The lowest BCUT2D eigenvalue weighted by Gasteiger charge is -2.28. The number of benzene rings is 2. The van der Waals surface area contributed by atoms with Crippen molar-refractivity contribution < 1.29 is 28.2 Å². The normalized spacial score (nSPS) is 14.3. The van der Waals surface area contributed by atoms with Crippen molar-refractivity contribution in [1.29, 1.82) is 0 Å². The molecule has 0 aromatic heterocycles. The number of nitrogens with zero attached hydrogens (tertiary/aromatic N) is 2. The maximum Gasteiger partial charge on any atom is 0.333 e. The Kier molecular flexibility index (Phi) is 6.40. The molecule has 1 saturated heterocycles. The zero-order chi connectivity index (χ0) is 22.0. The molecule has 7 nitrogen and oxygen atoms in total. The van der Waals surface area contributed by atoms with E-state index in [2.05, 4.69) is 0 Å². The molecule has 0 bridgehead atoms. The first-order chi connectivity index (χ1) is 14.2. The molecule has 4 amide bonds. The van der Waals surface area contributed by atoms with Crippen molar-refractivity contribution in [3.63, 3.8) is 0 Å². The van der Waals surface area contributed by atoms with Crippen LogP contribution in [0, 0.1) is 9.39 Å². The van der Waals surface area contributed by atoms with Crippen LogP contribution in [0.25, 0.3) is 6.08 Å². The molecule has 2 aromatic carbocycles. The van der Waals surface area contributed by atoms with Gasteiger partial charge in [0.15, 0.2) is 11.5 Å². The molecule has 1 heterocycles. The molecule has 3 rings (SSSR count). The number of rotatable bonds is 5. The van der Waals surface area contributed by atoms with E-state index in [1.165, 1.54) is 33.3 Å². The van der Waals surface area contributed by atoms with Crippen LogP contribution in [0.1, 0.15) is 11.1 Å². The number of methoxy groups -OCH3 is 1. The summed E-state index contributed by atoms with van der Waals surface area (Å²) in [6, 6.07) is 8.91. The zero-order valence-corrected chi connectivity index (χ0v) is 18.6. The quantitative estimate of drug-likeness (QED) is 0.341. The van der Waals surface area contributed by atoms with Crippen LogP contribution >= 0.6 is 22.6 Å². The van der Waals surface area contributed by atoms with Crippen LogP contribution in [0.2, 0.25) is 0 Å². The number of ether oxygens (including phenoxy) is 2. The van der Waals surface area contributed by atoms with Crippen molar-refractivity contribution in [2.45, 2.75) is 6.61 Å². The third-order valence-corrected chi connectivity index (χ3v) is 5.34. The van der Waals surface area contributed by atoms with E-state index in [4.69, 9.17) is 9.47 Å². The molecule has 0 spiro atoms. The van der Waals surface area contributed by atoms with Gasteiger partial charge in [-0.1, -0.05) is 18.2 Å². The Hall–Kier alpha value is -2.95. The van der Waals surface area contributed by atoms with E-state index in [-0.39, 0.29) is 18.0 Å². The summed E-state index contributed by atoms with van der Waals surface area (Å²) < 4.78 is 25.7. The predicted octanol–water partition coefficient (Wildman–Crippen LogP) is 3.45. The Bertz CT molecular complexity index is 1040. The van der Waals surface area contributed by atoms with Crippen LogP contribution in [0.3, 0.4) is 0 Å². The summed E-state index contributed by atoms with van der Waals surface area (Å²) in [6.45, 7) is 0.00808. The van der Waals surface area contributed by atoms with Crippen LogP contribution < -0.4 is 9.47 Å². The molecule has 156 valence electrons. The van der Waals surface area contributed by atoms with Crippen molar-refractivity contribution in [3.8, 4) is 11.5 Å². The summed E-state index contributed by atoms with van der Waals surface area (Å²) in [7, 11) is 4.08. The van der Waals surface area contributed by atoms with Gasteiger partial charge in [0.2, 0.25) is 0 Å². The highest BCUT2D eigenvalue weighted by molar-refractivity contribution is 14.1. The van der Waals surface area contributed by atoms with Crippen molar-refractivity contribution in [1.82, 2.24) is 9.80 Å². The Morgan fingerprint density at radius 1 is 1.07 bits per heavy atom. The van der Waals surface area contributed by atoms with Crippen LogP contribution in [-0.4, -0.2) is 48.9 Å².